The molecule has 3 aromatic rings. The number of nitrogens with one attached hydrogen (secondary N) is 1. The number of thioether (sulfide) groups is 1. The van der Waals surface area contributed by atoms with Crippen LogP contribution >= 0.6 is 11.8 Å². The molecular formula is C18H18N4S. The van der Waals surface area contributed by atoms with E-state index in [2.05, 4.69) is 52.9 Å². The summed E-state index contributed by atoms with van der Waals surface area (Å²) in [5.74, 6) is 0. The van der Waals surface area contributed by atoms with Gasteiger partial charge in [0.05, 0.1) is 21.9 Å². The minimum absolute atomic E-state index is 0.933. The summed E-state index contributed by atoms with van der Waals surface area (Å²) in [6.07, 6.45) is 3.26. The normalized spacial score (nSPS) is 15.5. The monoisotopic (exact) mass is 322 g/mol. The molecule has 116 valence electrons. The Morgan fingerprint density at radius 2 is 1.96 bits per heavy atom. The van der Waals surface area contributed by atoms with Gasteiger partial charge in [0.1, 0.15) is 5.52 Å². The molecule has 0 amide bonds. The van der Waals surface area contributed by atoms with E-state index in [0.29, 0.717) is 0 Å². The minimum atomic E-state index is 0.933. The van der Waals surface area contributed by atoms with Crippen LogP contribution in [0.25, 0.3) is 16.7 Å². The second-order valence-corrected chi connectivity index (χ2v) is 6.64. The molecule has 0 radical (unpaired) electrons. The van der Waals surface area contributed by atoms with Gasteiger partial charge in [0.25, 0.3) is 0 Å². The highest BCUT2D eigenvalue weighted by molar-refractivity contribution is 8.04. The molecule has 1 aliphatic rings. The standard InChI is InChI=1S/C18H18N4S/c1-2-3-10-16(18-19-14-9-5-7-12-17(14)23-18)22-15-11-6-4-8-13(15)20-21-22/h4-9,11-12,19H,2-3,10H2,1H3. The molecular weight excluding hydrogens is 304 g/mol. The number of allylic oxidation sites excluding steroid dienone is 1. The van der Waals surface area contributed by atoms with Gasteiger partial charge in [0, 0.05) is 4.90 Å². The number of nitrogens with zero attached hydrogens (tertiary/aromatic N) is 3. The molecule has 0 atom stereocenters. The van der Waals surface area contributed by atoms with Crippen molar-refractivity contribution in [2.24, 2.45) is 0 Å². The number of benzene rings is 2. The predicted octanol–water partition coefficient (Wildman–Crippen LogP) is 4.97. The molecule has 0 saturated carbocycles. The summed E-state index contributed by atoms with van der Waals surface area (Å²) in [5, 5.41) is 13.4. The lowest BCUT2D eigenvalue weighted by molar-refractivity contribution is 0.752. The maximum Gasteiger partial charge on any atom is 0.113 e. The van der Waals surface area contributed by atoms with Crippen LogP contribution in [0.4, 0.5) is 5.69 Å². The van der Waals surface area contributed by atoms with Crippen LogP contribution in [0.2, 0.25) is 0 Å². The molecule has 4 nitrogen and oxygen atoms in total. The quantitative estimate of drug-likeness (QED) is 0.737. The van der Waals surface area contributed by atoms with Crippen LogP contribution in [-0.4, -0.2) is 15.0 Å². The van der Waals surface area contributed by atoms with Crippen LogP contribution in [0.3, 0.4) is 0 Å². The molecule has 0 aliphatic carbocycles. The van der Waals surface area contributed by atoms with Crippen molar-refractivity contribution < 1.29 is 0 Å². The van der Waals surface area contributed by atoms with Gasteiger partial charge in [-0.05, 0) is 37.1 Å². The van der Waals surface area contributed by atoms with Gasteiger partial charge < -0.3 is 5.32 Å². The van der Waals surface area contributed by atoms with E-state index in [1.807, 2.05) is 22.9 Å². The predicted molar refractivity (Wildman–Crippen MR) is 96.2 cm³/mol. The molecule has 23 heavy (non-hydrogen) atoms. The summed E-state index contributed by atoms with van der Waals surface area (Å²) in [5.41, 5.74) is 4.36. The van der Waals surface area contributed by atoms with E-state index in [0.717, 1.165) is 35.3 Å². The summed E-state index contributed by atoms with van der Waals surface area (Å²) >= 11 is 1.78. The molecule has 1 aliphatic heterocycles. The number of anilines is 1. The van der Waals surface area contributed by atoms with Gasteiger partial charge in [-0.25, -0.2) is 4.68 Å². The fourth-order valence-electron chi connectivity index (χ4n) is 2.78. The first-order valence-corrected chi connectivity index (χ1v) is 8.76. The van der Waals surface area contributed by atoms with Crippen LogP contribution < -0.4 is 5.32 Å². The zero-order chi connectivity index (χ0) is 15.6. The Kier molecular flexibility index (Phi) is 3.79. The zero-order valence-corrected chi connectivity index (χ0v) is 13.8. The average Bonchev–Trinajstić information content (AvgIpc) is 3.20. The number of hydrogen-bond donors (Lipinski definition) is 1. The molecule has 5 heteroatoms. The molecule has 4 rings (SSSR count). The molecule has 1 N–H and O–H groups in total. The average molecular weight is 322 g/mol. The molecule has 1 aromatic heterocycles. The third-order valence-corrected chi connectivity index (χ3v) is 5.10. The smallest absolute Gasteiger partial charge is 0.113 e. The lowest BCUT2D eigenvalue weighted by Gasteiger charge is -2.11. The van der Waals surface area contributed by atoms with E-state index in [-0.39, 0.29) is 0 Å². The fraction of sp³-hybridized carbons (Fsp3) is 0.222. The van der Waals surface area contributed by atoms with Crippen molar-refractivity contribution in [3.63, 3.8) is 0 Å². The van der Waals surface area contributed by atoms with Gasteiger partial charge in [0.15, 0.2) is 0 Å². The van der Waals surface area contributed by atoms with Crippen LogP contribution in [0.5, 0.6) is 0 Å². The summed E-state index contributed by atoms with van der Waals surface area (Å²) in [4.78, 5) is 1.26. The third kappa shape index (κ3) is 2.61. The van der Waals surface area contributed by atoms with E-state index in [4.69, 9.17) is 0 Å². The Balaban J connectivity index is 1.81. The largest absolute Gasteiger partial charge is 0.348 e. The van der Waals surface area contributed by atoms with Gasteiger partial charge in [-0.1, -0.05) is 54.6 Å². The number of unbranched alkanes of at least 4 members (excludes halogenated alkanes) is 1. The molecule has 0 unspecified atom stereocenters. The lowest BCUT2D eigenvalue weighted by atomic mass is 10.2. The Morgan fingerprint density at radius 1 is 1.13 bits per heavy atom. The summed E-state index contributed by atoms with van der Waals surface area (Å²) in [6.45, 7) is 2.21. The second kappa shape index (κ2) is 6.08. The van der Waals surface area contributed by atoms with E-state index in [9.17, 15) is 0 Å². The summed E-state index contributed by atoms with van der Waals surface area (Å²) in [7, 11) is 0. The summed E-state index contributed by atoms with van der Waals surface area (Å²) < 4.78 is 1.99. The van der Waals surface area contributed by atoms with E-state index in [1.54, 1.807) is 11.8 Å². The third-order valence-electron chi connectivity index (χ3n) is 3.98. The lowest BCUT2D eigenvalue weighted by Crippen LogP contribution is -2.05. The number of rotatable bonds is 4. The highest BCUT2D eigenvalue weighted by Gasteiger charge is 2.21. The number of para-hydroxylation sites is 2. The van der Waals surface area contributed by atoms with Crippen molar-refractivity contribution in [2.75, 3.05) is 5.32 Å². The SMILES string of the molecule is CCCCC(=C1Nc2ccccc2S1)n1nnc2ccccc21. The molecule has 2 aromatic carbocycles. The van der Waals surface area contributed by atoms with Gasteiger partial charge in [0.2, 0.25) is 0 Å². The topological polar surface area (TPSA) is 42.7 Å². The molecule has 0 fully saturated rings. The van der Waals surface area contributed by atoms with Crippen LogP contribution in [0.15, 0.2) is 58.5 Å². The van der Waals surface area contributed by atoms with Crippen molar-refractivity contribution in [1.29, 1.82) is 0 Å². The van der Waals surface area contributed by atoms with Crippen molar-refractivity contribution in [3.8, 4) is 0 Å². The Morgan fingerprint density at radius 3 is 2.83 bits per heavy atom. The van der Waals surface area contributed by atoms with E-state index >= 15 is 0 Å². The molecule has 0 bridgehead atoms. The van der Waals surface area contributed by atoms with Gasteiger partial charge >= 0.3 is 0 Å². The molecule has 2 heterocycles. The number of fused-ring (bicyclic) bond motifs is 2. The Bertz CT molecular complexity index is 854. The Hall–Kier alpha value is -2.27. The van der Waals surface area contributed by atoms with Crippen molar-refractivity contribution in [3.05, 3.63) is 53.6 Å². The maximum atomic E-state index is 4.41. The van der Waals surface area contributed by atoms with E-state index < -0.39 is 0 Å². The maximum absolute atomic E-state index is 4.41. The molecule has 0 spiro atoms. The highest BCUT2D eigenvalue weighted by Crippen LogP contribution is 2.43. The Labute approximate surface area is 139 Å². The highest BCUT2D eigenvalue weighted by atomic mass is 32.2. The molecule has 0 saturated heterocycles. The fourth-order valence-corrected chi connectivity index (χ4v) is 3.84. The first kappa shape index (κ1) is 14.3. The van der Waals surface area contributed by atoms with E-state index in [1.165, 1.54) is 16.3 Å². The van der Waals surface area contributed by atoms with Gasteiger partial charge in [-0.15, -0.1) is 5.10 Å². The zero-order valence-electron chi connectivity index (χ0n) is 13.0. The van der Waals surface area contributed by atoms with Crippen LogP contribution in [-0.2, 0) is 0 Å². The van der Waals surface area contributed by atoms with Crippen LogP contribution in [0, 0.1) is 0 Å². The number of aromatic nitrogens is 3. The van der Waals surface area contributed by atoms with Crippen LogP contribution in [0.1, 0.15) is 26.2 Å². The first-order chi connectivity index (χ1) is 11.4. The number of hydrogen-bond acceptors (Lipinski definition) is 4. The first-order valence-electron chi connectivity index (χ1n) is 7.94. The minimum Gasteiger partial charge on any atom is -0.348 e. The van der Waals surface area contributed by atoms with Gasteiger partial charge in [-0.2, -0.15) is 0 Å². The van der Waals surface area contributed by atoms with Crippen molar-refractivity contribution in [2.45, 2.75) is 31.1 Å². The van der Waals surface area contributed by atoms with Crippen molar-refractivity contribution in [1.82, 2.24) is 15.0 Å². The second-order valence-electron chi connectivity index (χ2n) is 5.59. The van der Waals surface area contributed by atoms with Crippen molar-refractivity contribution >= 4 is 34.2 Å². The van der Waals surface area contributed by atoms with Gasteiger partial charge in [-0.3, -0.25) is 0 Å². The summed E-state index contributed by atoms with van der Waals surface area (Å²) in [6, 6.07) is 16.5.